The van der Waals surface area contributed by atoms with E-state index in [4.69, 9.17) is 11.6 Å². The van der Waals surface area contributed by atoms with Crippen molar-refractivity contribution in [3.63, 3.8) is 0 Å². The molecule has 0 unspecified atom stereocenters. The van der Waals surface area contributed by atoms with Gasteiger partial charge in [0, 0.05) is 17.6 Å². The van der Waals surface area contributed by atoms with E-state index < -0.39 is 0 Å². The number of nitrogens with two attached hydrogens (primary N) is 1. The highest BCUT2D eigenvalue weighted by Crippen LogP contribution is 2.18. The van der Waals surface area contributed by atoms with Gasteiger partial charge in [-0.25, -0.2) is 0 Å². The first-order valence-electron chi connectivity index (χ1n) is 7.71. The number of nitrogens with zero attached hydrogens (tertiary/aromatic N) is 2. The molecule has 2 rings (SSSR count). The fraction of sp³-hybridized carbons (Fsp3) is 0.412. The van der Waals surface area contributed by atoms with Crippen LogP contribution >= 0.6 is 11.6 Å². The molecule has 1 amide bonds. The SMILES string of the molecule is Cc1nn(C)c(C)c1NC(=O)[C@@H](C)[NH2+][C@@H](C)c1ccc(Cl)cc1. The number of quaternary nitrogens is 1. The molecular formula is C17H24ClN4O+. The van der Waals surface area contributed by atoms with Crippen LogP contribution in [-0.2, 0) is 11.8 Å². The summed E-state index contributed by atoms with van der Waals surface area (Å²) in [6, 6.07) is 7.68. The smallest absolute Gasteiger partial charge is 0.282 e. The minimum atomic E-state index is -0.209. The van der Waals surface area contributed by atoms with Crippen LogP contribution < -0.4 is 10.6 Å². The average Bonchev–Trinajstić information content (AvgIpc) is 2.74. The van der Waals surface area contributed by atoms with Gasteiger partial charge >= 0.3 is 0 Å². The van der Waals surface area contributed by atoms with Crippen LogP contribution in [0.15, 0.2) is 24.3 Å². The molecule has 0 saturated carbocycles. The molecule has 0 aliphatic carbocycles. The molecule has 2 atom stereocenters. The first-order valence-corrected chi connectivity index (χ1v) is 8.09. The van der Waals surface area contributed by atoms with Gasteiger partial charge in [-0.2, -0.15) is 5.10 Å². The highest BCUT2D eigenvalue weighted by molar-refractivity contribution is 6.30. The van der Waals surface area contributed by atoms with E-state index in [-0.39, 0.29) is 18.0 Å². The minimum Gasteiger partial charge on any atom is -0.330 e. The summed E-state index contributed by atoms with van der Waals surface area (Å²) in [5.74, 6) is -0.0231. The molecule has 1 aromatic heterocycles. The minimum absolute atomic E-state index is 0.0231. The molecule has 0 spiro atoms. The molecule has 6 heteroatoms. The first kappa shape index (κ1) is 17.5. The van der Waals surface area contributed by atoms with E-state index in [0.29, 0.717) is 5.02 Å². The highest BCUT2D eigenvalue weighted by Gasteiger charge is 2.22. The second-order valence-corrected chi connectivity index (χ2v) is 6.42. The molecule has 0 saturated heterocycles. The zero-order valence-corrected chi connectivity index (χ0v) is 15.0. The van der Waals surface area contributed by atoms with Crippen molar-refractivity contribution in [1.29, 1.82) is 0 Å². The Hall–Kier alpha value is -1.85. The van der Waals surface area contributed by atoms with Crippen molar-refractivity contribution < 1.29 is 10.1 Å². The standard InChI is InChI=1S/C17H23ClN4O/c1-10(14-6-8-15(18)9-7-14)19-12(3)17(23)20-16-11(2)21-22(5)13(16)4/h6-10,12,19H,1-5H3,(H,20,23)/p+1/t10-,12+/m0/s1. The Morgan fingerprint density at radius 2 is 1.87 bits per heavy atom. The van der Waals surface area contributed by atoms with Crippen molar-refractivity contribution in [1.82, 2.24) is 9.78 Å². The number of carbonyl (C=O) groups excluding carboxylic acids is 1. The van der Waals surface area contributed by atoms with Crippen LogP contribution in [0.1, 0.15) is 36.8 Å². The number of hydrogen-bond acceptors (Lipinski definition) is 2. The zero-order chi connectivity index (χ0) is 17.1. The summed E-state index contributed by atoms with van der Waals surface area (Å²) in [6.45, 7) is 7.82. The second kappa shape index (κ2) is 7.15. The van der Waals surface area contributed by atoms with Crippen molar-refractivity contribution in [2.45, 2.75) is 39.8 Å². The van der Waals surface area contributed by atoms with Gasteiger partial charge in [0.2, 0.25) is 0 Å². The maximum Gasteiger partial charge on any atom is 0.282 e. The summed E-state index contributed by atoms with van der Waals surface area (Å²) < 4.78 is 1.77. The predicted molar refractivity (Wildman–Crippen MR) is 92.6 cm³/mol. The van der Waals surface area contributed by atoms with Gasteiger partial charge < -0.3 is 10.6 Å². The Kier molecular flexibility index (Phi) is 5.44. The van der Waals surface area contributed by atoms with Gasteiger partial charge in [-0.3, -0.25) is 9.48 Å². The van der Waals surface area contributed by atoms with Gasteiger partial charge in [-0.05, 0) is 39.8 Å². The van der Waals surface area contributed by atoms with E-state index in [1.165, 1.54) is 0 Å². The van der Waals surface area contributed by atoms with Crippen molar-refractivity contribution >= 4 is 23.2 Å². The summed E-state index contributed by atoms with van der Waals surface area (Å²) in [6.07, 6.45) is 0. The Balaban J connectivity index is 2.01. The van der Waals surface area contributed by atoms with Crippen LogP contribution in [0.4, 0.5) is 5.69 Å². The number of anilines is 1. The lowest BCUT2D eigenvalue weighted by atomic mass is 10.1. The summed E-state index contributed by atoms with van der Waals surface area (Å²) in [5.41, 5.74) is 3.73. The van der Waals surface area contributed by atoms with Crippen molar-refractivity contribution in [2.24, 2.45) is 7.05 Å². The molecule has 2 aromatic rings. The van der Waals surface area contributed by atoms with Crippen LogP contribution in [0.25, 0.3) is 0 Å². The Morgan fingerprint density at radius 3 is 2.39 bits per heavy atom. The quantitative estimate of drug-likeness (QED) is 0.881. The number of nitrogens with one attached hydrogen (secondary N) is 1. The van der Waals surface area contributed by atoms with E-state index in [0.717, 1.165) is 22.6 Å². The number of aryl methyl sites for hydroxylation is 2. The number of amides is 1. The Labute approximate surface area is 142 Å². The van der Waals surface area contributed by atoms with Gasteiger partial charge in [0.05, 0.1) is 17.1 Å². The van der Waals surface area contributed by atoms with Gasteiger partial charge in [0.15, 0.2) is 6.04 Å². The van der Waals surface area contributed by atoms with E-state index >= 15 is 0 Å². The third-order valence-corrected chi connectivity index (χ3v) is 4.40. The number of halogens is 1. The number of rotatable bonds is 5. The van der Waals surface area contributed by atoms with Gasteiger partial charge in [-0.1, -0.05) is 23.7 Å². The summed E-state index contributed by atoms with van der Waals surface area (Å²) in [4.78, 5) is 12.4. The summed E-state index contributed by atoms with van der Waals surface area (Å²) >= 11 is 5.91. The Bertz CT molecular complexity index is 693. The molecule has 0 bridgehead atoms. The van der Waals surface area contributed by atoms with E-state index in [9.17, 15) is 4.79 Å². The fourth-order valence-corrected chi connectivity index (χ4v) is 2.72. The normalized spacial score (nSPS) is 13.7. The molecule has 0 radical (unpaired) electrons. The highest BCUT2D eigenvalue weighted by atomic mass is 35.5. The van der Waals surface area contributed by atoms with Crippen molar-refractivity contribution in [3.8, 4) is 0 Å². The predicted octanol–water partition coefficient (Wildman–Crippen LogP) is 2.34. The lowest BCUT2D eigenvalue weighted by molar-refractivity contribution is -0.709. The monoisotopic (exact) mass is 335 g/mol. The summed E-state index contributed by atoms with van der Waals surface area (Å²) in [5, 5.41) is 10.1. The van der Waals surface area contributed by atoms with Gasteiger partial charge in [0.1, 0.15) is 6.04 Å². The van der Waals surface area contributed by atoms with Crippen LogP contribution in [0.3, 0.4) is 0 Å². The number of aromatic nitrogens is 2. The van der Waals surface area contributed by atoms with Crippen LogP contribution in [0, 0.1) is 13.8 Å². The van der Waals surface area contributed by atoms with Gasteiger partial charge in [-0.15, -0.1) is 0 Å². The van der Waals surface area contributed by atoms with Gasteiger partial charge in [0.25, 0.3) is 5.91 Å². The number of benzene rings is 1. The molecule has 0 aliphatic rings. The van der Waals surface area contributed by atoms with Crippen molar-refractivity contribution in [3.05, 3.63) is 46.2 Å². The third kappa shape index (κ3) is 4.12. The zero-order valence-electron chi connectivity index (χ0n) is 14.2. The molecule has 23 heavy (non-hydrogen) atoms. The van der Waals surface area contributed by atoms with Crippen LogP contribution in [0.2, 0.25) is 5.02 Å². The molecule has 1 heterocycles. The largest absolute Gasteiger partial charge is 0.330 e. The lowest BCUT2D eigenvalue weighted by Gasteiger charge is -2.17. The molecular weight excluding hydrogens is 312 g/mol. The van der Waals surface area contributed by atoms with Crippen LogP contribution in [-0.4, -0.2) is 21.7 Å². The lowest BCUT2D eigenvalue weighted by Crippen LogP contribution is -2.91. The molecule has 1 aromatic carbocycles. The summed E-state index contributed by atoms with van der Waals surface area (Å²) in [7, 11) is 1.87. The Morgan fingerprint density at radius 1 is 1.26 bits per heavy atom. The molecule has 3 N–H and O–H groups in total. The first-order chi connectivity index (χ1) is 10.8. The van der Waals surface area contributed by atoms with Crippen molar-refractivity contribution in [2.75, 3.05) is 5.32 Å². The maximum absolute atomic E-state index is 12.4. The van der Waals surface area contributed by atoms with E-state index in [2.05, 4.69) is 17.3 Å². The molecule has 5 nitrogen and oxygen atoms in total. The van der Waals surface area contributed by atoms with Crippen LogP contribution in [0.5, 0.6) is 0 Å². The molecule has 124 valence electrons. The molecule has 0 fully saturated rings. The topological polar surface area (TPSA) is 63.5 Å². The average molecular weight is 336 g/mol. The third-order valence-electron chi connectivity index (χ3n) is 4.14. The number of hydrogen-bond donors (Lipinski definition) is 2. The van der Waals surface area contributed by atoms with E-state index in [1.807, 2.05) is 57.4 Å². The van der Waals surface area contributed by atoms with E-state index in [1.54, 1.807) is 4.68 Å². The number of carbonyl (C=O) groups is 1. The second-order valence-electron chi connectivity index (χ2n) is 5.98. The molecule has 0 aliphatic heterocycles. The maximum atomic E-state index is 12.4. The fourth-order valence-electron chi connectivity index (χ4n) is 2.59.